The van der Waals surface area contributed by atoms with Crippen LogP contribution >= 0.6 is 11.8 Å². The Balaban J connectivity index is 2.01. The summed E-state index contributed by atoms with van der Waals surface area (Å²) in [6, 6.07) is 5.85. The molecule has 0 bridgehead atoms. The summed E-state index contributed by atoms with van der Waals surface area (Å²) in [5.41, 5.74) is 5.08. The molecule has 1 fully saturated rings. The van der Waals surface area contributed by atoms with Crippen LogP contribution in [0.25, 0.3) is 0 Å². The number of anilines is 1. The fourth-order valence-electron chi connectivity index (χ4n) is 2.76. The van der Waals surface area contributed by atoms with Crippen molar-refractivity contribution in [3.05, 3.63) is 29.3 Å². The lowest BCUT2D eigenvalue weighted by Gasteiger charge is -2.28. The van der Waals surface area contributed by atoms with Crippen LogP contribution in [0.15, 0.2) is 18.2 Å². The van der Waals surface area contributed by atoms with E-state index in [4.69, 9.17) is 5.84 Å². The minimum atomic E-state index is 0.0258. The normalized spacial score (nSPS) is 22.4. The highest BCUT2D eigenvalue weighted by Gasteiger charge is 2.23. The number of hydrogen-bond donors (Lipinski definition) is 3. The molecule has 0 aliphatic heterocycles. The van der Waals surface area contributed by atoms with Crippen molar-refractivity contribution in [2.75, 3.05) is 11.7 Å². The van der Waals surface area contributed by atoms with Gasteiger partial charge in [-0.3, -0.25) is 10.6 Å². The van der Waals surface area contributed by atoms with Gasteiger partial charge in [0.05, 0.1) is 0 Å². The molecule has 0 heterocycles. The number of benzene rings is 1. The third-order valence-electron chi connectivity index (χ3n) is 3.93. The summed E-state index contributed by atoms with van der Waals surface area (Å²) < 4.78 is 0. The third kappa shape index (κ3) is 3.67. The van der Waals surface area contributed by atoms with Gasteiger partial charge in [0.1, 0.15) is 0 Å². The monoisotopic (exact) mass is 293 g/mol. The van der Waals surface area contributed by atoms with Crippen molar-refractivity contribution in [2.45, 2.75) is 43.9 Å². The Morgan fingerprint density at radius 1 is 1.40 bits per heavy atom. The Hall–Kier alpha value is -1.20. The zero-order chi connectivity index (χ0) is 14.5. The lowest BCUT2D eigenvalue weighted by molar-refractivity contribution is 0.0928. The van der Waals surface area contributed by atoms with Gasteiger partial charge in [0.15, 0.2) is 0 Å². The molecule has 1 aromatic carbocycles. The molecule has 5 heteroatoms. The number of rotatable bonds is 4. The first-order valence-electron chi connectivity index (χ1n) is 7.05. The average Bonchev–Trinajstić information content (AvgIpc) is 2.47. The van der Waals surface area contributed by atoms with Crippen LogP contribution < -0.4 is 16.6 Å². The van der Waals surface area contributed by atoms with E-state index in [2.05, 4.69) is 17.0 Å². The SMILES string of the molecule is CSC1CCCC(NC(=O)c2ccc(NN)cc2C)C1. The Labute approximate surface area is 124 Å². The third-order valence-corrected chi connectivity index (χ3v) is 5.03. The van der Waals surface area contributed by atoms with Gasteiger partial charge in [-0.15, -0.1) is 0 Å². The number of carbonyl (C=O) groups excluding carboxylic acids is 1. The fourth-order valence-corrected chi connectivity index (χ4v) is 3.59. The maximum Gasteiger partial charge on any atom is 0.251 e. The zero-order valence-electron chi connectivity index (χ0n) is 12.1. The molecule has 0 aromatic heterocycles. The smallest absolute Gasteiger partial charge is 0.251 e. The number of amides is 1. The van der Waals surface area contributed by atoms with E-state index in [0.29, 0.717) is 11.3 Å². The maximum absolute atomic E-state index is 12.4. The van der Waals surface area contributed by atoms with Crippen LogP contribution in [0.5, 0.6) is 0 Å². The average molecular weight is 293 g/mol. The van der Waals surface area contributed by atoms with E-state index in [9.17, 15) is 4.79 Å². The molecule has 1 aromatic rings. The first kappa shape index (κ1) is 15.2. The number of nitrogen functional groups attached to an aromatic ring is 1. The second kappa shape index (κ2) is 6.99. The molecule has 1 amide bonds. The Bertz CT molecular complexity index is 478. The van der Waals surface area contributed by atoms with Crippen molar-refractivity contribution in [3.63, 3.8) is 0 Å². The first-order chi connectivity index (χ1) is 9.63. The van der Waals surface area contributed by atoms with Crippen LogP contribution in [-0.2, 0) is 0 Å². The molecule has 20 heavy (non-hydrogen) atoms. The summed E-state index contributed by atoms with van der Waals surface area (Å²) in [7, 11) is 0. The van der Waals surface area contributed by atoms with E-state index in [1.165, 1.54) is 12.8 Å². The number of nitrogens with one attached hydrogen (secondary N) is 2. The van der Waals surface area contributed by atoms with Crippen molar-refractivity contribution in [1.29, 1.82) is 0 Å². The van der Waals surface area contributed by atoms with Gasteiger partial charge in [-0.05, 0) is 56.2 Å². The highest BCUT2D eigenvalue weighted by molar-refractivity contribution is 7.99. The molecular weight excluding hydrogens is 270 g/mol. The molecule has 2 unspecified atom stereocenters. The van der Waals surface area contributed by atoms with E-state index < -0.39 is 0 Å². The van der Waals surface area contributed by atoms with Crippen LogP contribution in [0.4, 0.5) is 5.69 Å². The van der Waals surface area contributed by atoms with Gasteiger partial charge in [0.25, 0.3) is 5.91 Å². The number of carbonyl (C=O) groups is 1. The van der Waals surface area contributed by atoms with Crippen LogP contribution in [0.1, 0.15) is 41.6 Å². The van der Waals surface area contributed by atoms with E-state index in [1.54, 1.807) is 0 Å². The van der Waals surface area contributed by atoms with Gasteiger partial charge >= 0.3 is 0 Å². The number of nitrogens with two attached hydrogens (primary N) is 1. The number of aryl methyl sites for hydroxylation is 1. The molecule has 2 atom stereocenters. The molecule has 4 N–H and O–H groups in total. The standard InChI is InChI=1S/C15H23N3OS/c1-10-8-12(18-16)6-7-14(10)15(19)17-11-4-3-5-13(9-11)20-2/h6-8,11,13,18H,3-5,9,16H2,1-2H3,(H,17,19). The summed E-state index contributed by atoms with van der Waals surface area (Å²) in [5, 5.41) is 3.85. The minimum absolute atomic E-state index is 0.0258. The molecular formula is C15H23N3OS. The van der Waals surface area contributed by atoms with Crippen molar-refractivity contribution < 1.29 is 4.79 Å². The molecule has 0 spiro atoms. The highest BCUT2D eigenvalue weighted by atomic mass is 32.2. The van der Waals surface area contributed by atoms with E-state index >= 15 is 0 Å². The molecule has 1 aliphatic rings. The largest absolute Gasteiger partial charge is 0.349 e. The van der Waals surface area contributed by atoms with Crippen molar-refractivity contribution >= 4 is 23.4 Å². The number of hydrogen-bond acceptors (Lipinski definition) is 4. The highest BCUT2D eigenvalue weighted by Crippen LogP contribution is 2.27. The van der Waals surface area contributed by atoms with Crippen LogP contribution in [0.3, 0.4) is 0 Å². The van der Waals surface area contributed by atoms with E-state index in [0.717, 1.165) is 29.7 Å². The van der Waals surface area contributed by atoms with Gasteiger partial charge in [-0.25, -0.2) is 0 Å². The summed E-state index contributed by atoms with van der Waals surface area (Å²) in [6.45, 7) is 1.93. The topological polar surface area (TPSA) is 67.2 Å². The van der Waals surface area contributed by atoms with Gasteiger partial charge < -0.3 is 10.7 Å². The molecule has 1 saturated carbocycles. The summed E-state index contributed by atoms with van der Waals surface area (Å²) in [6.07, 6.45) is 6.78. The zero-order valence-corrected chi connectivity index (χ0v) is 12.9. The molecule has 0 radical (unpaired) electrons. The van der Waals surface area contributed by atoms with Gasteiger partial charge in [-0.2, -0.15) is 11.8 Å². The minimum Gasteiger partial charge on any atom is -0.349 e. The molecule has 110 valence electrons. The predicted octanol–water partition coefficient (Wildman–Crippen LogP) is 2.68. The van der Waals surface area contributed by atoms with Gasteiger partial charge in [0, 0.05) is 22.5 Å². The van der Waals surface area contributed by atoms with Crippen LogP contribution in [0, 0.1) is 6.92 Å². The van der Waals surface area contributed by atoms with E-state index in [1.807, 2.05) is 36.9 Å². The maximum atomic E-state index is 12.4. The van der Waals surface area contributed by atoms with Gasteiger partial charge in [0.2, 0.25) is 0 Å². The second-order valence-electron chi connectivity index (χ2n) is 5.37. The molecule has 4 nitrogen and oxygen atoms in total. The van der Waals surface area contributed by atoms with Gasteiger partial charge in [-0.1, -0.05) is 6.42 Å². The van der Waals surface area contributed by atoms with E-state index in [-0.39, 0.29) is 5.91 Å². The van der Waals surface area contributed by atoms with Crippen LogP contribution in [0.2, 0.25) is 0 Å². The molecule has 2 rings (SSSR count). The van der Waals surface area contributed by atoms with Crippen molar-refractivity contribution in [1.82, 2.24) is 5.32 Å². The quantitative estimate of drug-likeness (QED) is 0.590. The first-order valence-corrected chi connectivity index (χ1v) is 8.33. The van der Waals surface area contributed by atoms with Crippen LogP contribution in [-0.4, -0.2) is 23.5 Å². The Kier molecular flexibility index (Phi) is 5.31. The molecule has 1 aliphatic carbocycles. The molecule has 0 saturated heterocycles. The van der Waals surface area contributed by atoms with Crippen molar-refractivity contribution in [2.24, 2.45) is 5.84 Å². The second-order valence-corrected chi connectivity index (χ2v) is 6.51. The van der Waals surface area contributed by atoms with Crippen molar-refractivity contribution in [3.8, 4) is 0 Å². The number of hydrazine groups is 1. The fraction of sp³-hybridized carbons (Fsp3) is 0.533. The lowest BCUT2D eigenvalue weighted by Crippen LogP contribution is -2.39. The summed E-state index contributed by atoms with van der Waals surface area (Å²) in [4.78, 5) is 12.4. The summed E-state index contributed by atoms with van der Waals surface area (Å²) in [5.74, 6) is 5.40. The summed E-state index contributed by atoms with van der Waals surface area (Å²) >= 11 is 1.91. The Morgan fingerprint density at radius 2 is 2.20 bits per heavy atom. The lowest BCUT2D eigenvalue weighted by atomic mass is 9.94. The predicted molar refractivity (Wildman–Crippen MR) is 86.0 cm³/mol. The Morgan fingerprint density at radius 3 is 2.85 bits per heavy atom. The number of thioether (sulfide) groups is 1.